The Morgan fingerprint density at radius 1 is 1.06 bits per heavy atom. The first kappa shape index (κ1) is 14.0. The van der Waals surface area contributed by atoms with Gasteiger partial charge in [-0.15, -0.1) is 0 Å². The number of sulfonamides is 1. The number of nitrogens with zero attached hydrogens (tertiary/aromatic N) is 2. The molecule has 1 aromatic heterocycles. The highest BCUT2D eigenvalue weighted by molar-refractivity contribution is 7.98. The van der Waals surface area contributed by atoms with Crippen LogP contribution in [0.1, 0.15) is 5.56 Å². The molecule has 0 unspecified atom stereocenters. The highest BCUT2D eigenvalue weighted by Crippen LogP contribution is 2.14. The Morgan fingerprint density at radius 2 is 1.61 bits per heavy atom. The molecule has 0 fully saturated rings. The molecule has 2 aromatic rings. The first-order valence-corrected chi connectivity index (χ1v) is 6.53. The molecule has 0 spiro atoms. The van der Waals surface area contributed by atoms with Gasteiger partial charge in [-0.05, 0) is 11.6 Å². The molecule has 5 nitrogen and oxygen atoms in total. The molecule has 1 heterocycles. The maximum Gasteiger partial charge on any atom is 0.238 e. The Bertz CT molecular complexity index is 557. The van der Waals surface area contributed by atoms with Crippen LogP contribution >= 0.6 is 0 Å². The van der Waals surface area contributed by atoms with Gasteiger partial charge >= 0.3 is 0 Å². The second kappa shape index (κ2) is 6.63. The van der Waals surface area contributed by atoms with Gasteiger partial charge in [-0.3, -0.25) is 0 Å². The largest absolute Gasteiger partial charge is 0.245 e. The minimum absolute atomic E-state index is 0.0527. The Labute approximate surface area is 106 Å². The van der Waals surface area contributed by atoms with Crippen LogP contribution in [0.4, 0.5) is 0 Å². The fraction of sp³-hybridized carbons (Fsp3) is 0. The van der Waals surface area contributed by atoms with E-state index in [1.165, 1.54) is 6.33 Å². The molecular formula is C12H13N3O2S. The molecule has 0 atom stereocenters. The van der Waals surface area contributed by atoms with Crippen LogP contribution in [-0.4, -0.2) is 18.4 Å². The van der Waals surface area contributed by atoms with E-state index in [2.05, 4.69) is 16.5 Å². The summed E-state index contributed by atoms with van der Waals surface area (Å²) in [4.78, 5) is 7.29. The summed E-state index contributed by atoms with van der Waals surface area (Å²) in [5.74, 6) is 0. The second-order valence-corrected chi connectivity index (χ2v) is 4.82. The van der Waals surface area contributed by atoms with Crippen molar-refractivity contribution in [2.24, 2.45) is 5.14 Å². The van der Waals surface area contributed by atoms with Crippen molar-refractivity contribution in [3.05, 3.63) is 67.3 Å². The van der Waals surface area contributed by atoms with Crippen LogP contribution in [-0.2, 0) is 10.0 Å². The lowest BCUT2D eigenvalue weighted by atomic mass is 10.2. The fourth-order valence-electron chi connectivity index (χ4n) is 1.04. The molecule has 0 aliphatic heterocycles. The summed E-state index contributed by atoms with van der Waals surface area (Å²) in [6.45, 7) is 3.38. The predicted molar refractivity (Wildman–Crippen MR) is 70.6 cm³/mol. The Hall–Kier alpha value is -2.05. The molecule has 1 aromatic carbocycles. The van der Waals surface area contributed by atoms with Crippen LogP contribution in [0.2, 0.25) is 0 Å². The van der Waals surface area contributed by atoms with Gasteiger partial charge in [0.1, 0.15) is 6.33 Å². The van der Waals surface area contributed by atoms with Crippen molar-refractivity contribution in [2.45, 2.75) is 0 Å². The van der Waals surface area contributed by atoms with Gasteiger partial charge in [0.25, 0.3) is 0 Å². The average Bonchev–Trinajstić information content (AvgIpc) is 2.40. The first-order chi connectivity index (χ1) is 8.52. The summed E-state index contributed by atoms with van der Waals surface area (Å²) < 4.78 is 21.6. The van der Waals surface area contributed by atoms with Gasteiger partial charge in [0.05, 0.1) is 4.91 Å². The quantitative estimate of drug-likeness (QED) is 0.887. The maximum atomic E-state index is 10.8. The SMILES string of the molecule is C=C(c1ccccc1)S(N)(=O)=O.c1cncnc1. The van der Waals surface area contributed by atoms with E-state index >= 15 is 0 Å². The molecule has 18 heavy (non-hydrogen) atoms. The van der Waals surface area contributed by atoms with Crippen LogP contribution in [0, 0.1) is 0 Å². The molecule has 0 aliphatic rings. The molecule has 6 heteroatoms. The summed E-state index contributed by atoms with van der Waals surface area (Å²) in [5.41, 5.74) is 0.528. The van der Waals surface area contributed by atoms with Crippen molar-refractivity contribution in [3.8, 4) is 0 Å². The lowest BCUT2D eigenvalue weighted by molar-refractivity contribution is 0.607. The number of nitrogens with two attached hydrogens (primary N) is 1. The van der Waals surface area contributed by atoms with E-state index in [1.54, 1.807) is 48.8 Å². The van der Waals surface area contributed by atoms with Gasteiger partial charge in [0, 0.05) is 12.4 Å². The molecule has 0 radical (unpaired) electrons. The lowest BCUT2D eigenvalue weighted by Gasteiger charge is -2.00. The van der Waals surface area contributed by atoms with E-state index in [-0.39, 0.29) is 4.91 Å². The Balaban J connectivity index is 0.000000225. The molecular weight excluding hydrogens is 250 g/mol. The van der Waals surface area contributed by atoms with Gasteiger partial charge in [-0.1, -0.05) is 36.9 Å². The lowest BCUT2D eigenvalue weighted by Crippen LogP contribution is -2.12. The van der Waals surface area contributed by atoms with Crippen LogP contribution < -0.4 is 5.14 Å². The molecule has 94 valence electrons. The Morgan fingerprint density at radius 3 is 1.94 bits per heavy atom. The third-order valence-corrected chi connectivity index (χ3v) is 2.84. The number of hydrogen-bond donors (Lipinski definition) is 1. The van der Waals surface area contributed by atoms with Gasteiger partial charge < -0.3 is 0 Å². The topological polar surface area (TPSA) is 85.9 Å². The van der Waals surface area contributed by atoms with E-state index in [1.807, 2.05) is 0 Å². The molecule has 0 saturated carbocycles. The highest BCUT2D eigenvalue weighted by Gasteiger charge is 2.09. The number of hydrogen-bond acceptors (Lipinski definition) is 4. The van der Waals surface area contributed by atoms with E-state index in [9.17, 15) is 8.42 Å². The van der Waals surface area contributed by atoms with Gasteiger partial charge in [0.2, 0.25) is 10.0 Å². The van der Waals surface area contributed by atoms with Crippen LogP contribution in [0.5, 0.6) is 0 Å². The fourth-order valence-corrected chi connectivity index (χ4v) is 1.51. The third kappa shape index (κ3) is 4.86. The van der Waals surface area contributed by atoms with Crippen molar-refractivity contribution < 1.29 is 8.42 Å². The van der Waals surface area contributed by atoms with Gasteiger partial charge in [-0.2, -0.15) is 0 Å². The van der Waals surface area contributed by atoms with E-state index in [0.717, 1.165) is 0 Å². The molecule has 0 saturated heterocycles. The van der Waals surface area contributed by atoms with Crippen molar-refractivity contribution in [3.63, 3.8) is 0 Å². The van der Waals surface area contributed by atoms with Gasteiger partial charge in [0.15, 0.2) is 0 Å². The number of aromatic nitrogens is 2. The number of benzene rings is 1. The van der Waals surface area contributed by atoms with Crippen molar-refractivity contribution in [1.82, 2.24) is 9.97 Å². The minimum atomic E-state index is -3.65. The maximum absolute atomic E-state index is 10.8. The zero-order valence-corrected chi connectivity index (χ0v) is 10.4. The monoisotopic (exact) mass is 263 g/mol. The third-order valence-electron chi connectivity index (χ3n) is 1.92. The van der Waals surface area contributed by atoms with Crippen LogP contribution in [0.25, 0.3) is 4.91 Å². The smallest absolute Gasteiger partial charge is 0.238 e. The minimum Gasteiger partial charge on any atom is -0.245 e. The molecule has 2 N–H and O–H groups in total. The first-order valence-electron chi connectivity index (χ1n) is 4.99. The summed E-state index contributed by atoms with van der Waals surface area (Å²) in [6.07, 6.45) is 4.88. The van der Waals surface area contributed by atoms with Crippen LogP contribution in [0.3, 0.4) is 0 Å². The highest BCUT2D eigenvalue weighted by atomic mass is 32.2. The van der Waals surface area contributed by atoms with Crippen molar-refractivity contribution >= 4 is 14.9 Å². The molecule has 0 amide bonds. The molecule has 2 rings (SSSR count). The number of rotatable bonds is 2. The standard InChI is InChI=1S/C8H9NO2S.C4H4N2/c1-7(12(9,10)11)8-5-3-2-4-6-8;1-2-5-4-6-3-1/h2-6H,1H2,(H2,9,10,11);1-4H. The predicted octanol–water partition coefficient (Wildman–Crippen LogP) is 1.42. The zero-order valence-electron chi connectivity index (χ0n) is 9.60. The van der Waals surface area contributed by atoms with Gasteiger partial charge in [-0.25, -0.2) is 23.5 Å². The van der Waals surface area contributed by atoms with Crippen LogP contribution in [0.15, 0.2) is 61.7 Å². The van der Waals surface area contributed by atoms with E-state index in [0.29, 0.717) is 5.56 Å². The van der Waals surface area contributed by atoms with E-state index < -0.39 is 10.0 Å². The van der Waals surface area contributed by atoms with E-state index in [4.69, 9.17) is 5.14 Å². The zero-order chi connectivity index (χ0) is 13.4. The Kier molecular flexibility index (Phi) is 5.16. The summed E-state index contributed by atoms with van der Waals surface area (Å²) in [7, 11) is -3.65. The summed E-state index contributed by atoms with van der Waals surface area (Å²) >= 11 is 0. The second-order valence-electron chi connectivity index (χ2n) is 3.24. The average molecular weight is 263 g/mol. The summed E-state index contributed by atoms with van der Waals surface area (Å²) in [6, 6.07) is 10.3. The molecule has 0 bridgehead atoms. The normalized spacial score (nSPS) is 10.1. The van der Waals surface area contributed by atoms with Crippen molar-refractivity contribution in [2.75, 3.05) is 0 Å². The number of primary sulfonamides is 1. The van der Waals surface area contributed by atoms with Crippen molar-refractivity contribution in [1.29, 1.82) is 0 Å². The molecule has 0 aliphatic carbocycles. The summed E-state index contributed by atoms with van der Waals surface area (Å²) in [5, 5.41) is 4.88.